The van der Waals surface area contributed by atoms with Crippen LogP contribution in [0.4, 0.5) is 15.8 Å². The average molecular weight is 482 g/mol. The molecule has 0 aliphatic carbocycles. The molecule has 2 N–H and O–H groups in total. The van der Waals surface area contributed by atoms with E-state index in [0.717, 1.165) is 6.07 Å². The van der Waals surface area contributed by atoms with Gasteiger partial charge in [0.15, 0.2) is 6.10 Å². The molecule has 0 bridgehead atoms. The molecule has 170 valence electrons. The number of benzene rings is 2. The lowest BCUT2D eigenvalue weighted by Crippen LogP contribution is -2.43. The van der Waals surface area contributed by atoms with Crippen molar-refractivity contribution in [3.63, 3.8) is 0 Å². The van der Waals surface area contributed by atoms with Crippen molar-refractivity contribution in [2.24, 2.45) is 5.92 Å². The molecule has 4 rings (SSSR count). The molecule has 0 unspecified atom stereocenters. The monoisotopic (exact) mass is 481 g/mol. The van der Waals surface area contributed by atoms with Crippen molar-refractivity contribution in [1.82, 2.24) is 4.31 Å². The molecule has 2 aromatic carbocycles. The van der Waals surface area contributed by atoms with Gasteiger partial charge in [0, 0.05) is 18.8 Å². The van der Waals surface area contributed by atoms with Crippen LogP contribution in [0.25, 0.3) is 0 Å². The minimum absolute atomic E-state index is 0.0000709. The number of halogens is 2. The molecule has 2 amide bonds. The Morgan fingerprint density at radius 1 is 1.28 bits per heavy atom. The van der Waals surface area contributed by atoms with Crippen molar-refractivity contribution in [2.75, 3.05) is 23.7 Å². The number of nitrogens with zero attached hydrogens (tertiary/aromatic N) is 1. The van der Waals surface area contributed by atoms with Gasteiger partial charge in [0.2, 0.25) is 15.9 Å². The molecule has 1 saturated heterocycles. The largest absolute Gasteiger partial charge is 0.479 e. The number of amides is 2. The number of carbonyl (C=O) groups excluding carboxylic acids is 2. The van der Waals surface area contributed by atoms with Crippen LogP contribution in [0, 0.1) is 11.7 Å². The fourth-order valence-electron chi connectivity index (χ4n) is 3.69. The van der Waals surface area contributed by atoms with Crippen LogP contribution in [-0.2, 0) is 19.6 Å². The molecule has 32 heavy (non-hydrogen) atoms. The Morgan fingerprint density at radius 2 is 2.06 bits per heavy atom. The minimum atomic E-state index is -3.90. The Morgan fingerprint density at radius 3 is 2.81 bits per heavy atom. The molecule has 2 aromatic rings. The molecule has 0 radical (unpaired) electrons. The van der Waals surface area contributed by atoms with E-state index in [4.69, 9.17) is 16.3 Å². The first kappa shape index (κ1) is 22.5. The number of hydrogen-bond donors (Lipinski definition) is 2. The third-order valence-electron chi connectivity index (χ3n) is 5.46. The van der Waals surface area contributed by atoms with Crippen LogP contribution in [0.1, 0.15) is 19.8 Å². The summed E-state index contributed by atoms with van der Waals surface area (Å²) in [6.45, 7) is 1.87. The highest BCUT2D eigenvalue weighted by Crippen LogP contribution is 2.34. The van der Waals surface area contributed by atoms with E-state index in [9.17, 15) is 22.4 Å². The zero-order chi connectivity index (χ0) is 23.0. The highest BCUT2D eigenvalue weighted by molar-refractivity contribution is 7.89. The first-order valence-corrected chi connectivity index (χ1v) is 11.8. The van der Waals surface area contributed by atoms with Crippen molar-refractivity contribution < 1.29 is 27.1 Å². The normalized spacial score (nSPS) is 21.3. The van der Waals surface area contributed by atoms with E-state index in [1.807, 2.05) is 0 Å². The van der Waals surface area contributed by atoms with Crippen LogP contribution in [0.15, 0.2) is 41.3 Å². The second-order valence-electron chi connectivity index (χ2n) is 7.73. The summed E-state index contributed by atoms with van der Waals surface area (Å²) in [5.41, 5.74) is 0.620. The lowest BCUT2D eigenvalue weighted by molar-refractivity contribution is -0.123. The highest BCUT2D eigenvalue weighted by Gasteiger charge is 2.34. The smallest absolute Gasteiger partial charge is 0.265 e. The molecule has 2 aliphatic heterocycles. The fraction of sp³-hybridized carbons (Fsp3) is 0.333. The molecule has 2 aliphatic rings. The summed E-state index contributed by atoms with van der Waals surface area (Å²) < 4.78 is 46.5. The molecule has 2 atom stereocenters. The Hall–Kier alpha value is -2.69. The Bertz CT molecular complexity index is 1190. The first-order valence-electron chi connectivity index (χ1n) is 10.0. The number of nitrogens with one attached hydrogen (secondary N) is 2. The Kier molecular flexibility index (Phi) is 6.11. The second kappa shape index (κ2) is 8.68. The molecule has 0 aromatic heterocycles. The molecule has 0 spiro atoms. The number of carbonyl (C=O) groups is 2. The summed E-state index contributed by atoms with van der Waals surface area (Å²) in [5, 5.41) is 5.19. The number of rotatable bonds is 4. The van der Waals surface area contributed by atoms with Gasteiger partial charge < -0.3 is 15.4 Å². The fourth-order valence-corrected chi connectivity index (χ4v) is 5.42. The van der Waals surface area contributed by atoms with Gasteiger partial charge in [0.25, 0.3) is 5.91 Å². The summed E-state index contributed by atoms with van der Waals surface area (Å²) >= 11 is 5.75. The standard InChI is InChI=1S/C21H21ClFN3O5S/c1-12-20(27)25-18-10-15(5-7-19(18)31-12)32(29,30)26-8-2-3-13(11-26)21(28)24-14-4-6-17(23)16(22)9-14/h4-7,9-10,12-13H,2-3,8,11H2,1H3,(H,24,28)(H,25,27)/t12-,13+/m1/s1. The van der Waals surface area contributed by atoms with Gasteiger partial charge in [-0.1, -0.05) is 11.6 Å². The summed E-state index contributed by atoms with van der Waals surface area (Å²) in [5.74, 6) is -1.51. The van der Waals surface area contributed by atoms with Crippen LogP contribution in [0.5, 0.6) is 5.75 Å². The summed E-state index contributed by atoms with van der Waals surface area (Å²) in [7, 11) is -3.90. The maximum Gasteiger partial charge on any atom is 0.265 e. The van der Waals surface area contributed by atoms with Gasteiger partial charge in [-0.15, -0.1) is 0 Å². The number of hydrogen-bond acceptors (Lipinski definition) is 5. The van der Waals surface area contributed by atoms with E-state index in [2.05, 4.69) is 10.6 Å². The van der Waals surface area contributed by atoms with Crippen LogP contribution in [0.3, 0.4) is 0 Å². The molecule has 11 heteroatoms. The summed E-state index contributed by atoms with van der Waals surface area (Å²) in [4.78, 5) is 24.6. The summed E-state index contributed by atoms with van der Waals surface area (Å²) in [6, 6.07) is 8.12. The lowest BCUT2D eigenvalue weighted by Gasteiger charge is -2.31. The highest BCUT2D eigenvalue weighted by atomic mass is 35.5. The van der Waals surface area contributed by atoms with E-state index in [0.29, 0.717) is 24.3 Å². The predicted octanol–water partition coefficient (Wildman–Crippen LogP) is 3.24. The molecule has 0 saturated carbocycles. The van der Waals surface area contributed by atoms with Gasteiger partial charge in [-0.2, -0.15) is 4.31 Å². The number of piperidine rings is 1. The van der Waals surface area contributed by atoms with E-state index < -0.39 is 27.9 Å². The Labute approximate surface area is 189 Å². The Balaban J connectivity index is 1.50. The third-order valence-corrected chi connectivity index (χ3v) is 7.61. The van der Waals surface area contributed by atoms with Gasteiger partial charge in [-0.25, -0.2) is 12.8 Å². The van der Waals surface area contributed by atoms with Gasteiger partial charge in [-0.05, 0) is 56.2 Å². The van der Waals surface area contributed by atoms with Crippen molar-refractivity contribution >= 4 is 44.8 Å². The lowest BCUT2D eigenvalue weighted by atomic mass is 9.99. The zero-order valence-electron chi connectivity index (χ0n) is 17.1. The van der Waals surface area contributed by atoms with E-state index >= 15 is 0 Å². The molecule has 1 fully saturated rings. The SMILES string of the molecule is C[C@H]1Oc2ccc(S(=O)(=O)N3CCC[C@H](C(=O)Nc4ccc(F)c(Cl)c4)C3)cc2NC1=O. The molecule has 2 heterocycles. The average Bonchev–Trinajstić information content (AvgIpc) is 2.77. The molecular weight excluding hydrogens is 461 g/mol. The minimum Gasteiger partial charge on any atom is -0.479 e. The van der Waals surface area contributed by atoms with E-state index in [1.54, 1.807) is 6.92 Å². The van der Waals surface area contributed by atoms with Gasteiger partial charge in [-0.3, -0.25) is 9.59 Å². The van der Waals surface area contributed by atoms with Crippen molar-refractivity contribution in [1.29, 1.82) is 0 Å². The van der Waals surface area contributed by atoms with Crippen LogP contribution in [-0.4, -0.2) is 43.7 Å². The predicted molar refractivity (Wildman–Crippen MR) is 117 cm³/mol. The summed E-state index contributed by atoms with van der Waals surface area (Å²) in [6.07, 6.45) is 0.352. The first-order chi connectivity index (χ1) is 15.1. The quantitative estimate of drug-likeness (QED) is 0.697. The van der Waals surface area contributed by atoms with Crippen molar-refractivity contribution in [2.45, 2.75) is 30.8 Å². The number of fused-ring (bicyclic) bond motifs is 1. The maximum atomic E-state index is 13.3. The van der Waals surface area contributed by atoms with Gasteiger partial charge >= 0.3 is 0 Å². The second-order valence-corrected chi connectivity index (χ2v) is 10.1. The number of sulfonamides is 1. The number of ether oxygens (including phenoxy) is 1. The van der Waals surface area contributed by atoms with Crippen LogP contribution >= 0.6 is 11.6 Å². The molecular formula is C21H21ClFN3O5S. The van der Waals surface area contributed by atoms with Crippen molar-refractivity contribution in [3.05, 3.63) is 47.2 Å². The molecule has 8 nitrogen and oxygen atoms in total. The third kappa shape index (κ3) is 4.43. The van der Waals surface area contributed by atoms with Gasteiger partial charge in [0.1, 0.15) is 11.6 Å². The van der Waals surface area contributed by atoms with Gasteiger partial charge in [0.05, 0.1) is 21.5 Å². The van der Waals surface area contributed by atoms with Crippen molar-refractivity contribution in [3.8, 4) is 5.75 Å². The topological polar surface area (TPSA) is 105 Å². The van der Waals surface area contributed by atoms with E-state index in [-0.39, 0.29) is 40.5 Å². The zero-order valence-corrected chi connectivity index (χ0v) is 18.7. The van der Waals surface area contributed by atoms with E-state index in [1.165, 1.54) is 34.6 Å². The number of anilines is 2. The van der Waals surface area contributed by atoms with Crippen LogP contribution < -0.4 is 15.4 Å². The maximum absolute atomic E-state index is 13.3. The van der Waals surface area contributed by atoms with Crippen LogP contribution in [0.2, 0.25) is 5.02 Å².